The molecule has 2 heterocycles. The molecule has 0 saturated carbocycles. The van der Waals surface area contributed by atoms with E-state index in [2.05, 4.69) is 15.1 Å². The molecule has 3 rings (SSSR count). The minimum atomic E-state index is -0.258. The van der Waals surface area contributed by atoms with Crippen LogP contribution in [0.5, 0.6) is 0 Å². The van der Waals surface area contributed by atoms with Gasteiger partial charge in [-0.2, -0.15) is 5.10 Å². The SMILES string of the molecule is CCN=c1scc(-c2ccc(F)cc2)n1/N=C\c1ccccn1. The van der Waals surface area contributed by atoms with Gasteiger partial charge >= 0.3 is 0 Å². The first kappa shape index (κ1) is 15.3. The topological polar surface area (TPSA) is 42.5 Å². The molecule has 0 aliphatic rings. The van der Waals surface area contributed by atoms with E-state index in [1.165, 1.54) is 23.5 Å². The lowest BCUT2D eigenvalue weighted by molar-refractivity contribution is 0.628. The number of thiazole rings is 1. The fourth-order valence-corrected chi connectivity index (χ4v) is 2.94. The molecule has 116 valence electrons. The Bertz CT molecular complexity index is 864. The Morgan fingerprint density at radius 2 is 2.04 bits per heavy atom. The fraction of sp³-hybridized carbons (Fsp3) is 0.118. The second-order valence-electron chi connectivity index (χ2n) is 4.70. The Labute approximate surface area is 137 Å². The van der Waals surface area contributed by atoms with E-state index >= 15 is 0 Å². The summed E-state index contributed by atoms with van der Waals surface area (Å²) in [6.07, 6.45) is 3.41. The van der Waals surface area contributed by atoms with Crippen molar-refractivity contribution in [3.05, 3.63) is 70.4 Å². The summed E-state index contributed by atoms with van der Waals surface area (Å²) in [5.41, 5.74) is 2.52. The van der Waals surface area contributed by atoms with E-state index in [0.717, 1.165) is 21.8 Å². The van der Waals surface area contributed by atoms with Crippen LogP contribution in [0.4, 0.5) is 4.39 Å². The Morgan fingerprint density at radius 1 is 1.22 bits per heavy atom. The van der Waals surface area contributed by atoms with Crippen LogP contribution in [0.15, 0.2) is 64.1 Å². The molecule has 1 aromatic carbocycles. The highest BCUT2D eigenvalue weighted by Crippen LogP contribution is 2.20. The smallest absolute Gasteiger partial charge is 0.206 e. The van der Waals surface area contributed by atoms with Gasteiger partial charge in [-0.1, -0.05) is 6.07 Å². The number of pyridine rings is 1. The van der Waals surface area contributed by atoms with Crippen molar-refractivity contribution in [2.45, 2.75) is 6.92 Å². The number of benzene rings is 1. The van der Waals surface area contributed by atoms with E-state index in [-0.39, 0.29) is 5.82 Å². The van der Waals surface area contributed by atoms with E-state index in [1.807, 2.05) is 30.5 Å². The number of halogens is 1. The van der Waals surface area contributed by atoms with Gasteiger partial charge in [0.1, 0.15) is 5.82 Å². The summed E-state index contributed by atoms with van der Waals surface area (Å²) in [6.45, 7) is 2.65. The lowest BCUT2D eigenvalue weighted by atomic mass is 10.2. The van der Waals surface area contributed by atoms with Gasteiger partial charge in [0.15, 0.2) is 0 Å². The van der Waals surface area contributed by atoms with Gasteiger partial charge in [-0.15, -0.1) is 11.3 Å². The minimum Gasteiger partial charge on any atom is -0.258 e. The molecule has 0 bridgehead atoms. The third-order valence-corrected chi connectivity index (χ3v) is 3.97. The van der Waals surface area contributed by atoms with Crippen LogP contribution >= 0.6 is 11.3 Å². The third-order valence-electron chi connectivity index (χ3n) is 3.11. The van der Waals surface area contributed by atoms with Crippen molar-refractivity contribution in [1.29, 1.82) is 0 Å². The van der Waals surface area contributed by atoms with Crippen LogP contribution in [0, 0.1) is 5.82 Å². The van der Waals surface area contributed by atoms with Gasteiger partial charge in [0.05, 0.1) is 17.6 Å². The molecule has 0 fully saturated rings. The largest absolute Gasteiger partial charge is 0.258 e. The predicted octanol–water partition coefficient (Wildman–Crippen LogP) is 3.55. The lowest BCUT2D eigenvalue weighted by Gasteiger charge is -2.03. The van der Waals surface area contributed by atoms with Crippen LogP contribution in [0.1, 0.15) is 12.6 Å². The zero-order chi connectivity index (χ0) is 16.1. The first-order chi connectivity index (χ1) is 11.3. The second kappa shape index (κ2) is 7.11. The molecule has 4 nitrogen and oxygen atoms in total. The summed E-state index contributed by atoms with van der Waals surface area (Å²) in [4.78, 5) is 9.48. The zero-order valence-electron chi connectivity index (χ0n) is 12.6. The maximum Gasteiger partial charge on any atom is 0.206 e. The molecule has 23 heavy (non-hydrogen) atoms. The van der Waals surface area contributed by atoms with E-state index in [9.17, 15) is 4.39 Å². The number of rotatable bonds is 4. The molecule has 0 aliphatic heterocycles. The van der Waals surface area contributed by atoms with E-state index in [0.29, 0.717) is 6.54 Å². The first-order valence-electron chi connectivity index (χ1n) is 7.20. The Hall–Kier alpha value is -2.60. The highest BCUT2D eigenvalue weighted by molar-refractivity contribution is 7.07. The van der Waals surface area contributed by atoms with Gasteiger partial charge in [0.25, 0.3) is 0 Å². The van der Waals surface area contributed by atoms with Crippen LogP contribution in [-0.2, 0) is 0 Å². The van der Waals surface area contributed by atoms with Crippen molar-refractivity contribution in [1.82, 2.24) is 9.66 Å². The summed E-state index contributed by atoms with van der Waals surface area (Å²) in [5, 5.41) is 6.48. The molecule has 0 aliphatic carbocycles. The first-order valence-corrected chi connectivity index (χ1v) is 8.08. The van der Waals surface area contributed by atoms with Gasteiger partial charge in [-0.05, 0) is 43.3 Å². The van der Waals surface area contributed by atoms with Crippen molar-refractivity contribution in [2.75, 3.05) is 6.54 Å². The molecule has 0 unspecified atom stereocenters. The van der Waals surface area contributed by atoms with E-state index in [4.69, 9.17) is 0 Å². The summed E-state index contributed by atoms with van der Waals surface area (Å²) < 4.78 is 14.9. The summed E-state index contributed by atoms with van der Waals surface area (Å²) >= 11 is 1.50. The van der Waals surface area contributed by atoms with Crippen molar-refractivity contribution in [3.8, 4) is 11.3 Å². The van der Waals surface area contributed by atoms with Crippen LogP contribution in [0.2, 0.25) is 0 Å². The van der Waals surface area contributed by atoms with Crippen molar-refractivity contribution in [3.63, 3.8) is 0 Å². The normalized spacial score (nSPS) is 12.2. The molecule has 0 amide bonds. The minimum absolute atomic E-state index is 0.258. The molecule has 0 spiro atoms. The highest BCUT2D eigenvalue weighted by Gasteiger charge is 2.07. The average molecular weight is 326 g/mol. The standard InChI is InChI=1S/C17H15FN4S/c1-2-19-17-22(21-11-15-5-3-4-10-20-15)16(12-23-17)13-6-8-14(18)9-7-13/h3-12H,2H2,1H3/b19-17?,21-11-. The predicted molar refractivity (Wildman–Crippen MR) is 91.0 cm³/mol. The van der Waals surface area contributed by atoms with Crippen molar-refractivity contribution < 1.29 is 4.39 Å². The van der Waals surface area contributed by atoms with Crippen molar-refractivity contribution in [2.24, 2.45) is 10.1 Å². The Morgan fingerprint density at radius 3 is 2.74 bits per heavy atom. The monoisotopic (exact) mass is 326 g/mol. The van der Waals surface area contributed by atoms with Gasteiger partial charge in [-0.3, -0.25) is 9.98 Å². The van der Waals surface area contributed by atoms with E-state index < -0.39 is 0 Å². The number of aromatic nitrogens is 2. The third kappa shape index (κ3) is 3.60. The molecular weight excluding hydrogens is 311 g/mol. The average Bonchev–Trinajstić information content (AvgIpc) is 2.98. The zero-order valence-corrected chi connectivity index (χ0v) is 13.4. The quantitative estimate of drug-likeness (QED) is 0.676. The summed E-state index contributed by atoms with van der Waals surface area (Å²) in [6, 6.07) is 12.0. The van der Waals surface area contributed by atoms with Crippen molar-refractivity contribution >= 4 is 17.6 Å². The highest BCUT2D eigenvalue weighted by atomic mass is 32.1. The summed E-state index contributed by atoms with van der Waals surface area (Å²) in [7, 11) is 0. The van der Waals surface area contributed by atoms with Crippen LogP contribution < -0.4 is 4.80 Å². The van der Waals surface area contributed by atoms with E-state index in [1.54, 1.807) is 29.2 Å². The number of hydrogen-bond donors (Lipinski definition) is 0. The molecular formula is C17H15FN4S. The molecule has 2 aromatic heterocycles. The number of hydrogen-bond acceptors (Lipinski definition) is 4. The number of nitrogens with zero attached hydrogens (tertiary/aromatic N) is 4. The maximum atomic E-state index is 13.1. The molecule has 3 aromatic rings. The molecule has 0 saturated heterocycles. The van der Waals surface area contributed by atoms with Crippen LogP contribution in [0.25, 0.3) is 11.3 Å². The Kier molecular flexibility index (Phi) is 4.73. The summed E-state index contributed by atoms with van der Waals surface area (Å²) in [5.74, 6) is -0.258. The second-order valence-corrected chi connectivity index (χ2v) is 5.53. The van der Waals surface area contributed by atoms with Gasteiger partial charge < -0.3 is 0 Å². The molecule has 0 atom stereocenters. The van der Waals surface area contributed by atoms with Crippen LogP contribution in [0.3, 0.4) is 0 Å². The molecule has 0 radical (unpaired) electrons. The lowest BCUT2D eigenvalue weighted by Crippen LogP contribution is -2.12. The maximum absolute atomic E-state index is 13.1. The Balaban J connectivity index is 2.06. The molecule has 0 N–H and O–H groups in total. The fourth-order valence-electron chi connectivity index (χ4n) is 2.04. The molecule has 6 heteroatoms. The van der Waals surface area contributed by atoms with Crippen LogP contribution in [-0.4, -0.2) is 22.4 Å². The van der Waals surface area contributed by atoms with Gasteiger partial charge in [-0.25, -0.2) is 9.07 Å². The van der Waals surface area contributed by atoms with Gasteiger partial charge in [0.2, 0.25) is 4.80 Å². The van der Waals surface area contributed by atoms with Gasteiger partial charge in [0, 0.05) is 23.7 Å².